The van der Waals surface area contributed by atoms with Crippen molar-refractivity contribution < 1.29 is 4.42 Å². The Morgan fingerprint density at radius 2 is 1.17 bits per heavy atom. The zero-order valence-electron chi connectivity index (χ0n) is 18.8. The highest BCUT2D eigenvalue weighted by Crippen LogP contribution is 2.37. The van der Waals surface area contributed by atoms with Crippen LogP contribution < -0.4 is 0 Å². The quantitative estimate of drug-likeness (QED) is 0.254. The number of aromatic nitrogens is 2. The van der Waals surface area contributed by atoms with E-state index < -0.39 is 0 Å². The Kier molecular flexibility index (Phi) is 4.46. The summed E-state index contributed by atoms with van der Waals surface area (Å²) in [5.41, 5.74) is 6.02. The van der Waals surface area contributed by atoms with Crippen molar-refractivity contribution in [3.05, 3.63) is 121 Å². The van der Waals surface area contributed by atoms with Crippen LogP contribution in [0, 0.1) is 0 Å². The second-order valence-corrected chi connectivity index (χ2v) is 8.65. The molecule has 7 aromatic rings. The zero-order chi connectivity index (χ0) is 23.2. The molecule has 3 heteroatoms. The van der Waals surface area contributed by atoms with Gasteiger partial charge in [0.2, 0.25) is 0 Å². The standard InChI is InChI=1S/C32H20N2O/c1-2-7-21(8-3-1)29-18-19-30(35-29)27-16-15-26(24-10-4-5-11-25(24)27)28-17-14-23-13-12-22-9-6-20-33-31(22)32(23)34-28/h1-20H. The second-order valence-electron chi connectivity index (χ2n) is 8.65. The Bertz CT molecular complexity index is 1850. The van der Waals surface area contributed by atoms with Gasteiger partial charge in [-0.3, -0.25) is 4.98 Å². The molecule has 3 heterocycles. The molecule has 35 heavy (non-hydrogen) atoms. The molecule has 0 saturated heterocycles. The summed E-state index contributed by atoms with van der Waals surface area (Å²) < 4.78 is 6.29. The lowest BCUT2D eigenvalue weighted by Gasteiger charge is -2.11. The van der Waals surface area contributed by atoms with Crippen molar-refractivity contribution in [1.82, 2.24) is 9.97 Å². The topological polar surface area (TPSA) is 38.9 Å². The van der Waals surface area contributed by atoms with Crippen LogP contribution in [0.2, 0.25) is 0 Å². The van der Waals surface area contributed by atoms with Crippen LogP contribution in [-0.4, -0.2) is 9.97 Å². The third-order valence-electron chi connectivity index (χ3n) is 6.56. The fraction of sp³-hybridized carbons (Fsp3) is 0. The molecule has 0 aliphatic rings. The SMILES string of the molecule is c1ccc(-c2ccc(-c3ccc(-c4ccc5ccc6cccnc6c5n4)c4ccccc34)o2)cc1. The molecule has 0 saturated carbocycles. The second kappa shape index (κ2) is 7.93. The van der Waals surface area contributed by atoms with Gasteiger partial charge in [-0.15, -0.1) is 0 Å². The molecular weight excluding hydrogens is 428 g/mol. The average Bonchev–Trinajstić information content (AvgIpc) is 3.43. The first-order valence-electron chi connectivity index (χ1n) is 11.7. The molecule has 0 atom stereocenters. The number of benzene rings is 4. The number of rotatable bonds is 3. The highest BCUT2D eigenvalue weighted by Gasteiger charge is 2.14. The fourth-order valence-corrected chi connectivity index (χ4v) is 4.85. The van der Waals surface area contributed by atoms with Crippen molar-refractivity contribution in [3.8, 4) is 33.9 Å². The molecule has 4 aromatic carbocycles. The molecule has 0 fully saturated rings. The largest absolute Gasteiger partial charge is 0.456 e. The molecule has 0 unspecified atom stereocenters. The van der Waals surface area contributed by atoms with Crippen molar-refractivity contribution in [1.29, 1.82) is 0 Å². The van der Waals surface area contributed by atoms with Crippen LogP contribution >= 0.6 is 0 Å². The van der Waals surface area contributed by atoms with E-state index in [1.165, 1.54) is 0 Å². The molecule has 164 valence electrons. The molecule has 3 aromatic heterocycles. The summed E-state index contributed by atoms with van der Waals surface area (Å²) in [6, 6.07) is 39.5. The molecule has 0 radical (unpaired) electrons. The highest BCUT2D eigenvalue weighted by molar-refractivity contribution is 6.06. The molecule has 3 nitrogen and oxygen atoms in total. The lowest BCUT2D eigenvalue weighted by atomic mass is 9.96. The van der Waals surface area contributed by atoms with Crippen LogP contribution in [0.25, 0.3) is 66.5 Å². The first kappa shape index (κ1) is 19.7. The number of hydrogen-bond donors (Lipinski definition) is 0. The zero-order valence-corrected chi connectivity index (χ0v) is 18.8. The monoisotopic (exact) mass is 448 g/mol. The molecule has 0 aliphatic carbocycles. The van der Waals surface area contributed by atoms with Gasteiger partial charge in [-0.1, -0.05) is 84.9 Å². The molecule has 0 N–H and O–H groups in total. The Morgan fingerprint density at radius 3 is 2.03 bits per heavy atom. The first-order valence-corrected chi connectivity index (χ1v) is 11.7. The molecular formula is C32H20N2O. The van der Waals surface area contributed by atoms with E-state index in [0.29, 0.717) is 0 Å². The van der Waals surface area contributed by atoms with E-state index in [4.69, 9.17) is 9.40 Å². The minimum absolute atomic E-state index is 0.855. The van der Waals surface area contributed by atoms with Crippen LogP contribution in [-0.2, 0) is 0 Å². The molecule has 0 bridgehead atoms. The van der Waals surface area contributed by atoms with Crippen LogP contribution in [0.4, 0.5) is 0 Å². The minimum Gasteiger partial charge on any atom is -0.456 e. The summed E-state index contributed by atoms with van der Waals surface area (Å²) in [6.45, 7) is 0. The van der Waals surface area contributed by atoms with Gasteiger partial charge < -0.3 is 4.42 Å². The predicted octanol–water partition coefficient (Wildman–Crippen LogP) is 8.53. The Labute approximate surface area is 202 Å². The first-order chi connectivity index (χ1) is 17.3. The smallest absolute Gasteiger partial charge is 0.135 e. The maximum Gasteiger partial charge on any atom is 0.135 e. The Hall–Kier alpha value is -4.76. The van der Waals surface area contributed by atoms with Crippen molar-refractivity contribution in [3.63, 3.8) is 0 Å². The lowest BCUT2D eigenvalue weighted by Crippen LogP contribution is -1.90. The number of nitrogens with zero attached hydrogens (tertiary/aromatic N) is 2. The van der Waals surface area contributed by atoms with Crippen LogP contribution in [0.3, 0.4) is 0 Å². The van der Waals surface area contributed by atoms with Gasteiger partial charge in [-0.25, -0.2) is 4.98 Å². The number of pyridine rings is 2. The van der Waals surface area contributed by atoms with Gasteiger partial charge in [-0.2, -0.15) is 0 Å². The normalized spacial score (nSPS) is 11.4. The average molecular weight is 449 g/mol. The van der Waals surface area contributed by atoms with Gasteiger partial charge in [-0.05, 0) is 41.1 Å². The maximum atomic E-state index is 6.29. The van der Waals surface area contributed by atoms with Crippen LogP contribution in [0.15, 0.2) is 126 Å². The molecule has 0 spiro atoms. The summed E-state index contributed by atoms with van der Waals surface area (Å²) in [4.78, 5) is 9.70. The van der Waals surface area contributed by atoms with E-state index in [2.05, 4.69) is 89.9 Å². The minimum atomic E-state index is 0.855. The summed E-state index contributed by atoms with van der Waals surface area (Å²) in [7, 11) is 0. The fourth-order valence-electron chi connectivity index (χ4n) is 4.85. The van der Waals surface area contributed by atoms with E-state index in [1.54, 1.807) is 0 Å². The van der Waals surface area contributed by atoms with Gasteiger partial charge >= 0.3 is 0 Å². The van der Waals surface area contributed by atoms with Crippen LogP contribution in [0.1, 0.15) is 0 Å². The predicted molar refractivity (Wildman–Crippen MR) is 143 cm³/mol. The van der Waals surface area contributed by atoms with Gasteiger partial charge in [0, 0.05) is 33.7 Å². The van der Waals surface area contributed by atoms with Crippen LogP contribution in [0.5, 0.6) is 0 Å². The van der Waals surface area contributed by atoms with Gasteiger partial charge in [0.1, 0.15) is 11.5 Å². The van der Waals surface area contributed by atoms with Gasteiger partial charge in [0.15, 0.2) is 0 Å². The number of fused-ring (bicyclic) bond motifs is 4. The van der Waals surface area contributed by atoms with E-state index in [1.807, 2.05) is 36.5 Å². The third kappa shape index (κ3) is 3.29. The third-order valence-corrected chi connectivity index (χ3v) is 6.56. The Morgan fingerprint density at radius 1 is 0.486 bits per heavy atom. The van der Waals surface area contributed by atoms with E-state index >= 15 is 0 Å². The number of hydrogen-bond acceptors (Lipinski definition) is 3. The van der Waals surface area contributed by atoms with Gasteiger partial charge in [0.05, 0.1) is 16.7 Å². The van der Waals surface area contributed by atoms with Crippen molar-refractivity contribution in [2.45, 2.75) is 0 Å². The van der Waals surface area contributed by atoms with Crippen molar-refractivity contribution in [2.75, 3.05) is 0 Å². The van der Waals surface area contributed by atoms with E-state index in [9.17, 15) is 0 Å². The van der Waals surface area contributed by atoms with Crippen molar-refractivity contribution >= 4 is 32.6 Å². The van der Waals surface area contributed by atoms with E-state index in [-0.39, 0.29) is 0 Å². The van der Waals surface area contributed by atoms with Crippen molar-refractivity contribution in [2.24, 2.45) is 0 Å². The lowest BCUT2D eigenvalue weighted by molar-refractivity contribution is 0.598. The summed E-state index contributed by atoms with van der Waals surface area (Å²) in [5, 5.41) is 4.46. The summed E-state index contributed by atoms with van der Waals surface area (Å²) in [6.07, 6.45) is 1.83. The summed E-state index contributed by atoms with van der Waals surface area (Å²) in [5.74, 6) is 1.72. The Balaban J connectivity index is 1.40. The molecule has 0 aliphatic heterocycles. The van der Waals surface area contributed by atoms with E-state index in [0.717, 1.165) is 66.5 Å². The summed E-state index contributed by atoms with van der Waals surface area (Å²) >= 11 is 0. The highest BCUT2D eigenvalue weighted by atomic mass is 16.3. The molecule has 0 amide bonds. The maximum absolute atomic E-state index is 6.29. The van der Waals surface area contributed by atoms with Gasteiger partial charge in [0.25, 0.3) is 0 Å². The number of furan rings is 1. The molecule has 7 rings (SSSR count).